The number of nitrogens with one attached hydrogen (secondary N) is 3. The van der Waals surface area contributed by atoms with Gasteiger partial charge in [-0.25, -0.2) is 4.98 Å². The van der Waals surface area contributed by atoms with Crippen LogP contribution in [-0.2, 0) is 9.53 Å². The number of aromatic nitrogens is 1. The van der Waals surface area contributed by atoms with Crippen LogP contribution in [0.5, 0.6) is 0 Å². The van der Waals surface area contributed by atoms with Gasteiger partial charge in [0.05, 0.1) is 6.10 Å². The quantitative estimate of drug-likeness (QED) is 0.514. The lowest BCUT2D eigenvalue weighted by Gasteiger charge is -2.40. The van der Waals surface area contributed by atoms with Crippen molar-refractivity contribution in [2.45, 2.75) is 53.1 Å². The van der Waals surface area contributed by atoms with Crippen molar-refractivity contribution in [1.82, 2.24) is 15.6 Å². The Morgan fingerprint density at radius 2 is 2.11 bits per heavy atom. The zero-order valence-electron chi connectivity index (χ0n) is 17.8. The van der Waals surface area contributed by atoms with E-state index >= 15 is 0 Å². The number of aryl methyl sites for hydroxylation is 1. The van der Waals surface area contributed by atoms with Crippen LogP contribution in [0.4, 0.5) is 5.82 Å². The summed E-state index contributed by atoms with van der Waals surface area (Å²) in [5, 5.41) is 9.41. The third-order valence-electron chi connectivity index (χ3n) is 4.85. The molecule has 0 aliphatic carbocycles. The van der Waals surface area contributed by atoms with E-state index in [1.54, 1.807) is 13.1 Å². The number of pyridine rings is 1. The van der Waals surface area contributed by atoms with Gasteiger partial charge in [-0.15, -0.1) is 0 Å². The maximum atomic E-state index is 12.1. The van der Waals surface area contributed by atoms with Gasteiger partial charge in [-0.1, -0.05) is 26.8 Å². The topological polar surface area (TPSA) is 87.6 Å². The lowest BCUT2D eigenvalue weighted by Crippen LogP contribution is -2.47. The molecular formula is C21H35N5O2. The summed E-state index contributed by atoms with van der Waals surface area (Å²) in [4.78, 5) is 20.6. The fourth-order valence-corrected chi connectivity index (χ4v) is 3.57. The third-order valence-corrected chi connectivity index (χ3v) is 4.85. The fourth-order valence-electron chi connectivity index (χ4n) is 3.57. The Labute approximate surface area is 168 Å². The number of amides is 1. The Morgan fingerprint density at radius 3 is 2.79 bits per heavy atom. The largest absolute Gasteiger partial charge is 0.377 e. The van der Waals surface area contributed by atoms with Crippen molar-refractivity contribution in [3.05, 3.63) is 23.9 Å². The summed E-state index contributed by atoms with van der Waals surface area (Å²) in [6, 6.07) is 5.56. The highest BCUT2D eigenvalue weighted by molar-refractivity contribution is 5.90. The van der Waals surface area contributed by atoms with Crippen LogP contribution in [-0.4, -0.2) is 49.7 Å². The lowest BCUT2D eigenvalue weighted by atomic mass is 9.78. The number of guanidine groups is 1. The highest BCUT2D eigenvalue weighted by Crippen LogP contribution is 2.33. The predicted molar refractivity (Wildman–Crippen MR) is 114 cm³/mol. The molecule has 0 saturated carbocycles. The molecule has 2 heterocycles. The third kappa shape index (κ3) is 7.11. The molecule has 7 nitrogen and oxygen atoms in total. The summed E-state index contributed by atoms with van der Waals surface area (Å²) >= 11 is 0. The van der Waals surface area contributed by atoms with Gasteiger partial charge in [0.1, 0.15) is 5.82 Å². The van der Waals surface area contributed by atoms with Crippen LogP contribution >= 0.6 is 0 Å². The summed E-state index contributed by atoms with van der Waals surface area (Å²) < 4.78 is 6.04. The molecule has 3 N–H and O–H groups in total. The second-order valence-corrected chi connectivity index (χ2v) is 8.40. The molecule has 1 saturated heterocycles. The molecule has 0 aromatic carbocycles. The lowest BCUT2D eigenvalue weighted by molar-refractivity contribution is -0.116. The van der Waals surface area contributed by atoms with Crippen molar-refractivity contribution in [3.63, 3.8) is 0 Å². The van der Waals surface area contributed by atoms with Gasteiger partial charge in [-0.2, -0.15) is 0 Å². The molecule has 2 atom stereocenters. The van der Waals surface area contributed by atoms with E-state index in [-0.39, 0.29) is 17.4 Å². The van der Waals surface area contributed by atoms with Gasteiger partial charge in [0.15, 0.2) is 5.96 Å². The maximum absolute atomic E-state index is 12.1. The number of rotatable bonds is 6. The van der Waals surface area contributed by atoms with Crippen LogP contribution in [0.25, 0.3) is 0 Å². The first-order chi connectivity index (χ1) is 13.3. The van der Waals surface area contributed by atoms with E-state index in [4.69, 9.17) is 4.74 Å². The van der Waals surface area contributed by atoms with E-state index in [0.29, 0.717) is 30.7 Å². The van der Waals surface area contributed by atoms with E-state index in [9.17, 15) is 4.79 Å². The first-order valence-corrected chi connectivity index (χ1v) is 10.1. The smallest absolute Gasteiger partial charge is 0.227 e. The number of aliphatic imine (C=N–C) groups is 1. The molecule has 0 bridgehead atoms. The van der Waals surface area contributed by atoms with Crippen molar-refractivity contribution in [2.24, 2.45) is 16.3 Å². The number of ether oxygens (including phenoxy) is 1. The Bertz CT molecular complexity index is 669. The highest BCUT2D eigenvalue weighted by Gasteiger charge is 2.35. The molecule has 1 fully saturated rings. The average Bonchev–Trinajstić information content (AvgIpc) is 2.64. The standard InChI is InChI=1S/C21H35N5O2/c1-15-8-6-10-17(25-15)26-18(27)11-12-23-20(22-5)24-14-16-9-7-13-28-19(16)21(2,3)4/h6,8,10,16,19H,7,9,11-14H2,1-5H3,(H2,22,23,24)(H,25,26,27). The molecule has 2 rings (SSSR count). The first kappa shape index (κ1) is 22.1. The van der Waals surface area contributed by atoms with Crippen molar-refractivity contribution < 1.29 is 9.53 Å². The summed E-state index contributed by atoms with van der Waals surface area (Å²) in [7, 11) is 1.74. The molecule has 156 valence electrons. The van der Waals surface area contributed by atoms with Gasteiger partial charge in [-0.05, 0) is 37.3 Å². The van der Waals surface area contributed by atoms with E-state index in [1.165, 1.54) is 0 Å². The van der Waals surface area contributed by atoms with Gasteiger partial charge in [-0.3, -0.25) is 9.79 Å². The molecule has 1 aromatic rings. The summed E-state index contributed by atoms with van der Waals surface area (Å²) in [6.07, 6.45) is 2.82. The molecule has 1 amide bonds. The minimum absolute atomic E-state index is 0.0745. The monoisotopic (exact) mass is 389 g/mol. The maximum Gasteiger partial charge on any atom is 0.227 e. The second kappa shape index (κ2) is 10.4. The number of hydrogen-bond acceptors (Lipinski definition) is 4. The fraction of sp³-hybridized carbons (Fsp3) is 0.667. The van der Waals surface area contributed by atoms with Crippen LogP contribution < -0.4 is 16.0 Å². The highest BCUT2D eigenvalue weighted by atomic mass is 16.5. The van der Waals surface area contributed by atoms with Crippen LogP contribution in [0.15, 0.2) is 23.2 Å². The second-order valence-electron chi connectivity index (χ2n) is 8.40. The number of hydrogen-bond donors (Lipinski definition) is 3. The van der Waals surface area contributed by atoms with Crippen molar-refractivity contribution in [2.75, 3.05) is 32.1 Å². The van der Waals surface area contributed by atoms with E-state index in [2.05, 4.69) is 46.7 Å². The van der Waals surface area contributed by atoms with Gasteiger partial charge in [0.25, 0.3) is 0 Å². The van der Waals surface area contributed by atoms with Gasteiger partial charge in [0.2, 0.25) is 5.91 Å². The van der Waals surface area contributed by atoms with Crippen molar-refractivity contribution in [3.8, 4) is 0 Å². The molecule has 0 radical (unpaired) electrons. The number of carbonyl (C=O) groups is 1. The SMILES string of the molecule is CN=C(NCCC(=O)Nc1cccc(C)n1)NCC1CCCOC1C(C)(C)C. The molecule has 1 aliphatic heterocycles. The summed E-state index contributed by atoms with van der Waals surface area (Å²) in [6.45, 7) is 10.7. The number of carbonyl (C=O) groups excluding carboxylic acids is 1. The van der Waals surface area contributed by atoms with Gasteiger partial charge >= 0.3 is 0 Å². The molecule has 1 aromatic heterocycles. The van der Waals surface area contributed by atoms with Gasteiger partial charge < -0.3 is 20.7 Å². The molecule has 0 spiro atoms. The Morgan fingerprint density at radius 1 is 1.32 bits per heavy atom. The van der Waals surface area contributed by atoms with Crippen LogP contribution in [0, 0.1) is 18.3 Å². The van der Waals surface area contributed by atoms with Crippen LogP contribution in [0.2, 0.25) is 0 Å². The van der Waals surface area contributed by atoms with Gasteiger partial charge in [0, 0.05) is 44.8 Å². The Kier molecular flexibility index (Phi) is 8.23. The Hall–Kier alpha value is -2.15. The molecule has 2 unspecified atom stereocenters. The molecule has 7 heteroatoms. The molecule has 1 aliphatic rings. The number of anilines is 1. The minimum atomic E-state index is -0.0745. The van der Waals surface area contributed by atoms with Crippen LogP contribution in [0.1, 0.15) is 45.7 Å². The zero-order chi connectivity index (χ0) is 20.6. The van der Waals surface area contributed by atoms with Crippen molar-refractivity contribution >= 4 is 17.7 Å². The predicted octanol–water partition coefficient (Wildman–Crippen LogP) is 2.72. The minimum Gasteiger partial charge on any atom is -0.377 e. The van der Waals surface area contributed by atoms with Crippen molar-refractivity contribution in [1.29, 1.82) is 0 Å². The first-order valence-electron chi connectivity index (χ1n) is 10.1. The van der Waals surface area contributed by atoms with Crippen LogP contribution in [0.3, 0.4) is 0 Å². The van der Waals surface area contributed by atoms with E-state index in [1.807, 2.05) is 19.1 Å². The molecule has 28 heavy (non-hydrogen) atoms. The number of nitrogens with zero attached hydrogens (tertiary/aromatic N) is 2. The zero-order valence-corrected chi connectivity index (χ0v) is 17.8. The average molecular weight is 390 g/mol. The van der Waals surface area contributed by atoms with E-state index < -0.39 is 0 Å². The normalized spacial score (nSPS) is 20.5. The molecular weight excluding hydrogens is 354 g/mol. The summed E-state index contributed by atoms with van der Waals surface area (Å²) in [5.74, 6) is 1.66. The summed E-state index contributed by atoms with van der Waals surface area (Å²) in [5.41, 5.74) is 0.992. The van der Waals surface area contributed by atoms with E-state index in [0.717, 1.165) is 31.7 Å². The Balaban J connectivity index is 1.74.